The van der Waals surface area contributed by atoms with Crippen LogP contribution in [0, 0.1) is 9.39 Å². The van der Waals surface area contributed by atoms with Gasteiger partial charge in [0.2, 0.25) is 0 Å². The Hall–Kier alpha value is -0.760. The van der Waals surface area contributed by atoms with E-state index in [0.717, 1.165) is 6.20 Å². The molecule has 2 heterocycles. The topological polar surface area (TPSA) is 39.2 Å². The Labute approximate surface area is 109 Å². The summed E-state index contributed by atoms with van der Waals surface area (Å²) in [5.41, 5.74) is 0. The van der Waals surface area contributed by atoms with Gasteiger partial charge in [0.25, 0.3) is 0 Å². The van der Waals surface area contributed by atoms with Gasteiger partial charge in [-0.3, -0.25) is 4.98 Å². The summed E-state index contributed by atoms with van der Waals surface area (Å²) in [6.45, 7) is 2.05. The molecule has 0 bridgehead atoms. The number of rotatable bonds is 2. The van der Waals surface area contributed by atoms with Gasteiger partial charge in [-0.05, 0) is 29.5 Å². The molecule has 0 saturated carbocycles. The summed E-state index contributed by atoms with van der Waals surface area (Å²) >= 11 is 3.16. The van der Waals surface area contributed by atoms with Crippen LogP contribution in [0.2, 0.25) is 0 Å². The maximum Gasteiger partial charge on any atom is 0.349 e. The smallest absolute Gasteiger partial charge is 0.349 e. The van der Waals surface area contributed by atoms with Crippen LogP contribution in [-0.2, 0) is 4.74 Å². The fourth-order valence-corrected chi connectivity index (χ4v) is 3.55. The van der Waals surface area contributed by atoms with Crippen LogP contribution in [0.5, 0.6) is 0 Å². The number of hydrogen-bond donors (Lipinski definition) is 0. The lowest BCUT2D eigenvalue weighted by Gasteiger charge is -1.98. The summed E-state index contributed by atoms with van der Waals surface area (Å²) in [4.78, 5) is 15.8. The average Bonchev–Trinajstić information content (AvgIpc) is 2.58. The molecule has 0 saturated heterocycles. The first-order valence-corrected chi connectivity index (χ1v) is 6.43. The Balaban J connectivity index is 2.61. The van der Waals surface area contributed by atoms with Crippen LogP contribution in [0.3, 0.4) is 0 Å². The van der Waals surface area contributed by atoms with Crippen molar-refractivity contribution in [2.24, 2.45) is 0 Å². The lowest BCUT2D eigenvalue weighted by Crippen LogP contribution is -2.03. The van der Waals surface area contributed by atoms with Crippen molar-refractivity contribution in [3.05, 3.63) is 26.7 Å². The monoisotopic (exact) mass is 351 g/mol. The molecule has 2 rings (SSSR count). The van der Waals surface area contributed by atoms with Crippen molar-refractivity contribution in [1.29, 1.82) is 0 Å². The molecule has 16 heavy (non-hydrogen) atoms. The van der Waals surface area contributed by atoms with E-state index < -0.39 is 11.8 Å². The van der Waals surface area contributed by atoms with Gasteiger partial charge >= 0.3 is 5.97 Å². The van der Waals surface area contributed by atoms with Crippen molar-refractivity contribution >= 4 is 50.0 Å². The molecule has 0 amide bonds. The van der Waals surface area contributed by atoms with Crippen LogP contribution >= 0.6 is 33.9 Å². The number of halogens is 2. The van der Waals surface area contributed by atoms with Crippen LogP contribution in [0.4, 0.5) is 4.39 Å². The highest BCUT2D eigenvalue weighted by Gasteiger charge is 2.19. The number of aromatic nitrogens is 1. The summed E-state index contributed by atoms with van der Waals surface area (Å²) in [7, 11) is 0. The molecular weight excluding hydrogens is 344 g/mol. The third-order valence-electron chi connectivity index (χ3n) is 1.96. The number of fused-ring (bicyclic) bond motifs is 1. The zero-order valence-corrected chi connectivity index (χ0v) is 11.3. The number of hydrogen-bond acceptors (Lipinski definition) is 4. The molecule has 0 radical (unpaired) electrons. The lowest BCUT2D eigenvalue weighted by molar-refractivity contribution is 0.0531. The van der Waals surface area contributed by atoms with Crippen molar-refractivity contribution in [2.75, 3.05) is 6.61 Å². The van der Waals surface area contributed by atoms with E-state index in [1.54, 1.807) is 13.1 Å². The minimum absolute atomic E-state index is 0.309. The predicted molar refractivity (Wildman–Crippen MR) is 68.3 cm³/mol. The number of ether oxygens (including phenoxy) is 1. The highest BCUT2D eigenvalue weighted by molar-refractivity contribution is 14.1. The number of carbonyl (C=O) groups is 1. The quantitative estimate of drug-likeness (QED) is 0.616. The van der Waals surface area contributed by atoms with Gasteiger partial charge in [0.05, 0.1) is 17.5 Å². The van der Waals surface area contributed by atoms with Gasteiger partial charge in [0, 0.05) is 15.2 Å². The summed E-state index contributed by atoms with van der Waals surface area (Å²) in [6, 6.07) is 0. The molecule has 0 aliphatic heterocycles. The van der Waals surface area contributed by atoms with Gasteiger partial charge in [-0.2, -0.15) is 0 Å². The molecule has 0 aliphatic rings. The highest BCUT2D eigenvalue weighted by atomic mass is 127. The van der Waals surface area contributed by atoms with Gasteiger partial charge in [-0.1, -0.05) is 0 Å². The Bertz CT molecular complexity index is 555. The molecule has 3 nitrogen and oxygen atoms in total. The Morgan fingerprint density at radius 3 is 3.00 bits per heavy atom. The predicted octanol–water partition coefficient (Wildman–Crippen LogP) is 3.22. The van der Waals surface area contributed by atoms with E-state index in [1.165, 1.54) is 11.3 Å². The van der Waals surface area contributed by atoms with E-state index >= 15 is 0 Å². The average molecular weight is 351 g/mol. The molecule has 0 unspecified atom stereocenters. The summed E-state index contributed by atoms with van der Waals surface area (Å²) in [6.07, 6.45) is 2.69. The van der Waals surface area contributed by atoms with Gasteiger partial charge in [0.15, 0.2) is 5.82 Å². The zero-order chi connectivity index (χ0) is 11.7. The minimum Gasteiger partial charge on any atom is -0.462 e. The fraction of sp³-hybridized carbons (Fsp3) is 0.200. The van der Waals surface area contributed by atoms with Crippen molar-refractivity contribution in [3.63, 3.8) is 0 Å². The zero-order valence-electron chi connectivity index (χ0n) is 8.29. The number of esters is 1. The van der Waals surface area contributed by atoms with Gasteiger partial charge in [0.1, 0.15) is 4.88 Å². The standard InChI is InChI=1S/C10H7FINO2S/c1-2-15-10(14)9-8(12)7-5(11)3-13-4-6(7)16-9/h3-4H,2H2,1H3. The molecule has 0 N–H and O–H groups in total. The molecule has 0 aliphatic carbocycles. The molecule has 2 aromatic heterocycles. The second-order valence-electron chi connectivity index (χ2n) is 2.96. The lowest BCUT2D eigenvalue weighted by atomic mass is 10.3. The molecule has 84 valence electrons. The molecule has 0 aromatic carbocycles. The van der Waals surface area contributed by atoms with Crippen LogP contribution in [0.1, 0.15) is 16.6 Å². The highest BCUT2D eigenvalue weighted by Crippen LogP contribution is 2.33. The van der Waals surface area contributed by atoms with Crippen LogP contribution < -0.4 is 0 Å². The summed E-state index contributed by atoms with van der Waals surface area (Å²) in [5, 5.41) is 0.448. The molecule has 6 heteroatoms. The Morgan fingerprint density at radius 2 is 2.38 bits per heavy atom. The van der Waals surface area contributed by atoms with Crippen molar-refractivity contribution < 1.29 is 13.9 Å². The number of nitrogens with zero attached hydrogens (tertiary/aromatic N) is 1. The maximum atomic E-state index is 13.5. The first-order valence-electron chi connectivity index (χ1n) is 4.53. The third kappa shape index (κ3) is 1.91. The van der Waals surface area contributed by atoms with E-state index in [4.69, 9.17) is 4.74 Å². The summed E-state index contributed by atoms with van der Waals surface area (Å²) < 4.78 is 19.7. The molecule has 0 atom stereocenters. The van der Waals surface area contributed by atoms with Crippen LogP contribution in [0.15, 0.2) is 12.4 Å². The second kappa shape index (κ2) is 4.62. The normalized spacial score (nSPS) is 10.7. The van der Waals surface area contributed by atoms with E-state index in [9.17, 15) is 9.18 Å². The molecular formula is C10H7FINO2S. The van der Waals surface area contributed by atoms with E-state index in [1.807, 2.05) is 22.6 Å². The van der Waals surface area contributed by atoms with Crippen molar-refractivity contribution in [1.82, 2.24) is 4.98 Å². The molecule has 2 aromatic rings. The maximum absolute atomic E-state index is 13.5. The minimum atomic E-state index is -0.410. The summed E-state index contributed by atoms with van der Waals surface area (Å²) in [5.74, 6) is -0.818. The number of thiophene rings is 1. The largest absolute Gasteiger partial charge is 0.462 e. The third-order valence-corrected chi connectivity index (χ3v) is 4.51. The van der Waals surface area contributed by atoms with Crippen molar-refractivity contribution in [3.8, 4) is 0 Å². The van der Waals surface area contributed by atoms with E-state index in [-0.39, 0.29) is 0 Å². The fourth-order valence-electron chi connectivity index (χ4n) is 1.30. The number of carbonyl (C=O) groups excluding carboxylic acids is 1. The first-order chi connectivity index (χ1) is 7.65. The first kappa shape index (κ1) is 11.7. The number of pyridine rings is 1. The molecule has 0 spiro atoms. The SMILES string of the molecule is CCOC(=O)c1sc2cncc(F)c2c1I. The van der Waals surface area contributed by atoms with E-state index in [0.29, 0.717) is 25.1 Å². The molecule has 0 fully saturated rings. The van der Waals surface area contributed by atoms with Crippen LogP contribution in [-0.4, -0.2) is 17.6 Å². The van der Waals surface area contributed by atoms with Crippen molar-refractivity contribution in [2.45, 2.75) is 6.92 Å². The Morgan fingerprint density at radius 1 is 1.62 bits per heavy atom. The van der Waals surface area contributed by atoms with Gasteiger partial charge < -0.3 is 4.74 Å². The van der Waals surface area contributed by atoms with Gasteiger partial charge in [-0.15, -0.1) is 11.3 Å². The van der Waals surface area contributed by atoms with E-state index in [2.05, 4.69) is 4.98 Å². The Kier molecular flexibility index (Phi) is 3.38. The second-order valence-corrected chi connectivity index (χ2v) is 5.09. The van der Waals surface area contributed by atoms with Gasteiger partial charge in [-0.25, -0.2) is 9.18 Å². The van der Waals surface area contributed by atoms with Crippen LogP contribution in [0.25, 0.3) is 10.1 Å².